The number of nitro groups is 2. The van der Waals surface area contributed by atoms with E-state index in [2.05, 4.69) is 18.3 Å². The van der Waals surface area contributed by atoms with Crippen molar-refractivity contribution in [3.63, 3.8) is 0 Å². The second-order valence-corrected chi connectivity index (χ2v) is 14.1. The lowest BCUT2D eigenvalue weighted by atomic mass is 10.2. The molecular weight excluding hydrogens is 761 g/mol. The van der Waals surface area contributed by atoms with Crippen LogP contribution in [0.25, 0.3) is 0 Å². The van der Waals surface area contributed by atoms with Gasteiger partial charge in [0.2, 0.25) is 0 Å². The minimum Gasteiger partial charge on any atom is -0.444 e. The summed E-state index contributed by atoms with van der Waals surface area (Å²) in [6.45, 7) is 2.54. The maximum absolute atomic E-state index is 12.9. The molecule has 4 aromatic rings. The zero-order valence-electron chi connectivity index (χ0n) is 29.1. The van der Waals surface area contributed by atoms with Crippen molar-refractivity contribution < 1.29 is 50.9 Å². The molecule has 2 amide bonds. The summed E-state index contributed by atoms with van der Waals surface area (Å²) in [4.78, 5) is 43.2. The Bertz CT molecular complexity index is 2260. The molecule has 0 spiro atoms. The highest BCUT2D eigenvalue weighted by Gasteiger charge is 2.38. The minimum atomic E-state index is -4.62. The number of nitro benzene ring substituents is 2. The predicted molar refractivity (Wildman–Crippen MR) is 198 cm³/mol. The minimum absolute atomic E-state index is 0.126. The van der Waals surface area contributed by atoms with Crippen LogP contribution in [0.5, 0.6) is 0 Å². The van der Waals surface area contributed by atoms with Gasteiger partial charge in [-0.1, -0.05) is 96.8 Å². The number of carbonyl (C=O) groups is 2. The first-order chi connectivity index (χ1) is 26.0. The van der Waals surface area contributed by atoms with Crippen LogP contribution in [0.2, 0.25) is 0 Å². The summed E-state index contributed by atoms with van der Waals surface area (Å²) in [6.07, 6.45) is 6.94. The van der Waals surface area contributed by atoms with Crippen LogP contribution in [0.3, 0.4) is 0 Å². The van der Waals surface area contributed by atoms with Gasteiger partial charge in [0.15, 0.2) is 9.79 Å². The molecule has 0 radical (unpaired) electrons. The van der Waals surface area contributed by atoms with Gasteiger partial charge in [-0.2, -0.15) is 4.31 Å². The number of ether oxygens (including phenoxy) is 2. The molecule has 0 aliphatic rings. The van der Waals surface area contributed by atoms with Crippen molar-refractivity contribution in [3.05, 3.63) is 141 Å². The zero-order valence-corrected chi connectivity index (χ0v) is 30.8. The lowest BCUT2D eigenvalue weighted by Crippen LogP contribution is -2.43. The van der Waals surface area contributed by atoms with Gasteiger partial charge < -0.3 is 14.6 Å². The number of amides is 2. The molecule has 0 unspecified atom stereocenters. The number of terminal acetylenes is 2. The predicted octanol–water partition coefficient (Wildman–Crippen LogP) is 5.15. The van der Waals surface area contributed by atoms with Gasteiger partial charge in [0, 0.05) is 12.1 Å². The fourth-order valence-electron chi connectivity index (χ4n) is 4.00. The van der Waals surface area contributed by atoms with Gasteiger partial charge in [0.05, 0.1) is 9.85 Å². The topological polar surface area (TPSA) is 243 Å². The highest BCUT2D eigenvalue weighted by molar-refractivity contribution is 7.90. The summed E-state index contributed by atoms with van der Waals surface area (Å²) >= 11 is 0. The number of para-hydroxylation sites is 2. The van der Waals surface area contributed by atoms with Crippen LogP contribution in [0.15, 0.2) is 119 Å². The first kappa shape index (κ1) is 44.4. The van der Waals surface area contributed by atoms with Crippen molar-refractivity contribution in [3.8, 4) is 24.7 Å². The summed E-state index contributed by atoms with van der Waals surface area (Å²) in [7, 11) is -9.02. The highest BCUT2D eigenvalue weighted by Crippen LogP contribution is 2.28. The lowest BCUT2D eigenvalue weighted by molar-refractivity contribution is -0.388. The number of aliphatic hydroxyl groups excluding tert-OH is 1. The van der Waals surface area contributed by atoms with Crippen molar-refractivity contribution in [2.75, 3.05) is 0 Å². The molecule has 19 heteroatoms. The Kier molecular flexibility index (Phi) is 17.0. The van der Waals surface area contributed by atoms with Crippen LogP contribution >= 0.6 is 0 Å². The number of aliphatic hydroxyl groups is 1. The van der Waals surface area contributed by atoms with Crippen LogP contribution in [0.1, 0.15) is 25.0 Å². The first-order valence-electron chi connectivity index (χ1n) is 15.5. The molecule has 0 heterocycles. The van der Waals surface area contributed by atoms with Crippen LogP contribution in [-0.2, 0) is 42.7 Å². The van der Waals surface area contributed by atoms with E-state index < -0.39 is 75.4 Å². The van der Waals surface area contributed by atoms with Crippen molar-refractivity contribution in [1.29, 1.82) is 0 Å². The third-order valence-corrected chi connectivity index (χ3v) is 9.84. The fourth-order valence-corrected chi connectivity index (χ4v) is 6.66. The number of rotatable bonds is 11. The van der Waals surface area contributed by atoms with Gasteiger partial charge >= 0.3 is 12.2 Å². The molecular formula is C36H34N4O13S2. The zero-order chi connectivity index (χ0) is 41.2. The Labute approximate surface area is 316 Å². The van der Waals surface area contributed by atoms with Crippen LogP contribution in [0.4, 0.5) is 21.0 Å². The van der Waals surface area contributed by atoms with Gasteiger partial charge in [-0.25, -0.2) is 31.1 Å². The van der Waals surface area contributed by atoms with Crippen LogP contribution < -0.4 is 4.72 Å². The van der Waals surface area contributed by atoms with Gasteiger partial charge in [-0.05, 0) is 37.1 Å². The Morgan fingerprint density at radius 2 is 1.13 bits per heavy atom. The quantitative estimate of drug-likeness (QED) is 0.113. The second kappa shape index (κ2) is 21.0. The molecule has 0 saturated carbocycles. The Hall–Kier alpha value is -6.80. The smallest absolute Gasteiger partial charge is 0.425 e. The van der Waals surface area contributed by atoms with Crippen molar-refractivity contribution in [1.82, 2.24) is 9.03 Å². The summed E-state index contributed by atoms with van der Waals surface area (Å²) in [5.74, 6) is 4.23. The van der Waals surface area contributed by atoms with Gasteiger partial charge in [0.1, 0.15) is 25.4 Å². The maximum atomic E-state index is 12.9. The standard InChI is InChI=1S/C18H16N2O6S.C14H12N2O6S.C4H6O/c1-3-14(2)19(18(21)26-13-15-9-5-4-6-10-15)27(24,25)17-12-8-7-11-16(17)20(22)23;17-14(22-10-11-6-2-1-3-7-11)15-23(20,21)13-9-5-4-8-12(13)16(18)19;1-3-4(2)5/h1,4-12,14H,13H2,2H3;1-9H,10H2,(H,15,17);1,4-5H,2H3/t14-;;4-/m1.0/s1. The molecule has 17 nitrogen and oxygen atoms in total. The number of benzene rings is 4. The Morgan fingerprint density at radius 3 is 1.56 bits per heavy atom. The van der Waals surface area contributed by atoms with E-state index in [0.717, 1.165) is 24.3 Å². The molecule has 0 aliphatic carbocycles. The van der Waals surface area contributed by atoms with E-state index in [9.17, 15) is 46.7 Å². The third kappa shape index (κ3) is 13.6. The SMILES string of the molecule is C#C[C@@H](C)N(C(=O)OCc1ccccc1)S(=O)(=O)c1ccccc1[N+](=O)[O-].C#C[C@H](C)O.O=C(NS(=O)(=O)c1ccccc1[N+](=O)[O-])OCc1ccccc1. The monoisotopic (exact) mass is 794 g/mol. The average molecular weight is 795 g/mol. The van der Waals surface area contributed by atoms with E-state index in [1.165, 1.54) is 31.2 Å². The van der Waals surface area contributed by atoms with Crippen molar-refractivity contribution >= 4 is 43.6 Å². The molecule has 55 heavy (non-hydrogen) atoms. The molecule has 0 fully saturated rings. The number of hydrogen-bond acceptors (Lipinski definition) is 13. The molecule has 0 aromatic heterocycles. The van der Waals surface area contributed by atoms with E-state index in [-0.39, 0.29) is 13.2 Å². The van der Waals surface area contributed by atoms with Crippen LogP contribution in [0, 0.1) is 44.9 Å². The molecule has 2 atom stereocenters. The number of nitrogens with one attached hydrogen (secondary N) is 1. The average Bonchev–Trinajstić information content (AvgIpc) is 3.17. The lowest BCUT2D eigenvalue weighted by Gasteiger charge is -2.24. The fraction of sp³-hybridized carbons (Fsp3) is 0.167. The molecule has 0 saturated heterocycles. The number of hydrogen-bond donors (Lipinski definition) is 2. The molecule has 288 valence electrons. The van der Waals surface area contributed by atoms with Gasteiger partial charge in [-0.15, -0.1) is 12.8 Å². The molecule has 4 rings (SSSR count). The number of sulfonamides is 2. The normalized spacial score (nSPS) is 11.5. The van der Waals surface area contributed by atoms with E-state index in [0.29, 0.717) is 15.4 Å². The number of carbonyl (C=O) groups excluding carboxylic acids is 2. The number of nitrogens with zero attached hydrogens (tertiary/aromatic N) is 3. The Balaban J connectivity index is 0.000000342. The van der Waals surface area contributed by atoms with E-state index in [1.54, 1.807) is 72.3 Å². The summed E-state index contributed by atoms with van der Waals surface area (Å²) in [6, 6.07) is 25.5. The molecule has 2 N–H and O–H groups in total. The van der Waals surface area contributed by atoms with E-state index >= 15 is 0 Å². The van der Waals surface area contributed by atoms with Gasteiger partial charge in [0.25, 0.3) is 31.4 Å². The van der Waals surface area contributed by atoms with Crippen molar-refractivity contribution in [2.24, 2.45) is 0 Å². The largest absolute Gasteiger partial charge is 0.444 e. The molecule has 4 aromatic carbocycles. The molecule has 0 aliphatic heterocycles. The van der Waals surface area contributed by atoms with Gasteiger partial charge in [-0.3, -0.25) is 20.2 Å². The molecule has 0 bridgehead atoms. The second-order valence-electron chi connectivity index (χ2n) is 10.6. The van der Waals surface area contributed by atoms with E-state index in [1.807, 2.05) is 0 Å². The Morgan fingerprint density at radius 1 is 0.727 bits per heavy atom. The van der Waals surface area contributed by atoms with Crippen molar-refractivity contribution in [2.45, 2.75) is 49.0 Å². The highest BCUT2D eigenvalue weighted by atomic mass is 32.2. The first-order valence-corrected chi connectivity index (χ1v) is 18.4. The van der Waals surface area contributed by atoms with Crippen LogP contribution in [-0.4, -0.2) is 60.4 Å². The summed E-state index contributed by atoms with van der Waals surface area (Å²) in [5, 5.41) is 30.2. The summed E-state index contributed by atoms with van der Waals surface area (Å²) < 4.78 is 61.8. The van der Waals surface area contributed by atoms with E-state index in [4.69, 9.17) is 21.0 Å². The summed E-state index contributed by atoms with van der Waals surface area (Å²) in [5.41, 5.74) is 0.0198. The maximum Gasteiger partial charge on any atom is 0.425 e. The third-order valence-electron chi connectivity index (χ3n) is 6.60.